The van der Waals surface area contributed by atoms with Crippen LogP contribution in [0.25, 0.3) is 0 Å². The second kappa shape index (κ2) is 3.85. The van der Waals surface area contributed by atoms with Gasteiger partial charge in [-0.1, -0.05) is 0 Å². The molecule has 0 bridgehead atoms. The highest BCUT2D eigenvalue weighted by atomic mass is 19.1. The van der Waals surface area contributed by atoms with Gasteiger partial charge in [-0.3, -0.25) is 5.01 Å². The van der Waals surface area contributed by atoms with Gasteiger partial charge in [-0.05, 0) is 33.4 Å². The zero-order chi connectivity index (χ0) is 9.90. The molecule has 0 saturated heterocycles. The topological polar surface area (TPSA) is 28.0 Å². The maximum Gasteiger partial charge on any atom is 0.185 e. The Hall–Kier alpha value is -0.930. The summed E-state index contributed by atoms with van der Waals surface area (Å²) >= 11 is 0. The number of alkyl halides is 1. The number of nitrogens with zero attached hydrogens (tertiary/aromatic N) is 3. The lowest BCUT2D eigenvalue weighted by molar-refractivity contribution is 0.310. The monoisotopic (exact) mass is 185 g/mol. The van der Waals surface area contributed by atoms with Crippen molar-refractivity contribution < 1.29 is 4.39 Å². The molecule has 0 N–H and O–H groups in total. The van der Waals surface area contributed by atoms with Crippen LogP contribution in [0, 0.1) is 0 Å². The Morgan fingerprint density at radius 3 is 2.31 bits per heavy atom. The molecule has 1 saturated carbocycles. The van der Waals surface area contributed by atoms with Crippen molar-refractivity contribution in [3.8, 4) is 0 Å². The van der Waals surface area contributed by atoms with Crippen LogP contribution < -0.4 is 0 Å². The molecular weight excluding hydrogens is 169 g/mol. The van der Waals surface area contributed by atoms with Gasteiger partial charge in [0.15, 0.2) is 11.5 Å². The maximum atomic E-state index is 13.5. The van der Waals surface area contributed by atoms with Crippen LogP contribution in [0.5, 0.6) is 0 Å². The summed E-state index contributed by atoms with van der Waals surface area (Å²) in [6, 6.07) is 0. The average molecular weight is 185 g/mol. The van der Waals surface area contributed by atoms with E-state index in [0.717, 1.165) is 13.1 Å². The van der Waals surface area contributed by atoms with E-state index in [0.29, 0.717) is 12.8 Å². The Labute approximate surface area is 78.3 Å². The quantitative estimate of drug-likeness (QED) is 0.373. The minimum Gasteiger partial charge on any atom is -0.296 e. The van der Waals surface area contributed by atoms with Crippen molar-refractivity contribution in [2.45, 2.75) is 32.4 Å². The Kier molecular flexibility index (Phi) is 3.01. The first kappa shape index (κ1) is 10.2. The number of amidine groups is 1. The Balaban J connectivity index is 2.69. The summed E-state index contributed by atoms with van der Waals surface area (Å²) in [5.74, 6) is 0.246. The Bertz CT molecular complexity index is 217. The fourth-order valence-electron chi connectivity index (χ4n) is 1.10. The van der Waals surface area contributed by atoms with E-state index in [9.17, 15) is 4.39 Å². The number of halogens is 1. The lowest BCUT2D eigenvalue weighted by atomic mass is 10.3. The van der Waals surface area contributed by atoms with Crippen LogP contribution in [0.3, 0.4) is 0 Å². The fourth-order valence-corrected chi connectivity index (χ4v) is 1.10. The van der Waals surface area contributed by atoms with E-state index in [4.69, 9.17) is 0 Å². The molecule has 1 aliphatic carbocycles. The molecule has 0 spiro atoms. The van der Waals surface area contributed by atoms with Gasteiger partial charge in [0, 0.05) is 13.1 Å². The first-order valence-electron chi connectivity index (χ1n) is 4.66. The molecule has 1 fully saturated rings. The van der Waals surface area contributed by atoms with Crippen LogP contribution in [-0.2, 0) is 0 Å². The third-order valence-corrected chi connectivity index (χ3v) is 2.21. The van der Waals surface area contributed by atoms with Crippen molar-refractivity contribution in [3.05, 3.63) is 0 Å². The summed E-state index contributed by atoms with van der Waals surface area (Å²) in [5.41, 5.74) is -1.27. The van der Waals surface area contributed by atoms with Crippen LogP contribution >= 0.6 is 0 Å². The van der Waals surface area contributed by atoms with Crippen molar-refractivity contribution in [1.29, 1.82) is 0 Å². The minimum absolute atomic E-state index is 0.246. The SMILES string of the molecule is C=N/C(=N\N(CC)CC)C1(F)CC1. The highest BCUT2D eigenvalue weighted by Gasteiger charge is 2.49. The molecule has 1 aliphatic rings. The van der Waals surface area contributed by atoms with Gasteiger partial charge in [-0.25, -0.2) is 9.38 Å². The van der Waals surface area contributed by atoms with E-state index in [-0.39, 0.29) is 5.84 Å². The lowest BCUT2D eigenvalue weighted by Gasteiger charge is -2.16. The number of hydrogen-bond donors (Lipinski definition) is 0. The maximum absolute atomic E-state index is 13.5. The summed E-state index contributed by atoms with van der Waals surface area (Å²) in [4.78, 5) is 3.64. The molecule has 0 unspecified atom stereocenters. The molecule has 74 valence electrons. The van der Waals surface area contributed by atoms with Crippen molar-refractivity contribution in [2.75, 3.05) is 13.1 Å². The highest BCUT2D eigenvalue weighted by molar-refractivity contribution is 5.95. The first-order valence-corrected chi connectivity index (χ1v) is 4.66. The van der Waals surface area contributed by atoms with Gasteiger partial charge in [-0.15, -0.1) is 0 Å². The first-order chi connectivity index (χ1) is 6.16. The van der Waals surface area contributed by atoms with E-state index in [1.807, 2.05) is 13.8 Å². The molecule has 0 aromatic carbocycles. The van der Waals surface area contributed by atoms with Gasteiger partial charge in [0.05, 0.1) is 0 Å². The predicted molar refractivity (Wildman–Crippen MR) is 53.0 cm³/mol. The summed E-state index contributed by atoms with van der Waals surface area (Å²) in [6.07, 6.45) is 1.07. The molecule has 0 aliphatic heterocycles. The molecule has 0 amide bonds. The Morgan fingerprint density at radius 2 is 2.00 bits per heavy atom. The summed E-state index contributed by atoms with van der Waals surface area (Å²) in [6.45, 7) is 8.84. The number of hydrogen-bond acceptors (Lipinski definition) is 2. The lowest BCUT2D eigenvalue weighted by Crippen LogP contribution is -2.23. The average Bonchev–Trinajstić information content (AvgIpc) is 2.87. The highest BCUT2D eigenvalue weighted by Crippen LogP contribution is 2.41. The molecular formula is C9H16FN3. The van der Waals surface area contributed by atoms with Crippen molar-refractivity contribution in [2.24, 2.45) is 10.1 Å². The largest absolute Gasteiger partial charge is 0.296 e. The molecule has 0 radical (unpaired) electrons. The molecule has 1 rings (SSSR count). The zero-order valence-corrected chi connectivity index (χ0v) is 8.26. The number of rotatable bonds is 4. The zero-order valence-electron chi connectivity index (χ0n) is 8.26. The molecule has 0 aromatic rings. The van der Waals surface area contributed by atoms with Crippen LogP contribution in [0.1, 0.15) is 26.7 Å². The summed E-state index contributed by atoms with van der Waals surface area (Å²) in [7, 11) is 0. The van der Waals surface area contributed by atoms with E-state index in [1.54, 1.807) is 5.01 Å². The normalized spacial score (nSPS) is 19.8. The van der Waals surface area contributed by atoms with E-state index in [2.05, 4.69) is 16.8 Å². The third-order valence-electron chi connectivity index (χ3n) is 2.21. The van der Waals surface area contributed by atoms with Crippen LogP contribution in [0.15, 0.2) is 10.1 Å². The number of aliphatic imine (C=N–C) groups is 1. The molecule has 4 heteroatoms. The van der Waals surface area contributed by atoms with Crippen molar-refractivity contribution >= 4 is 12.6 Å². The van der Waals surface area contributed by atoms with E-state index >= 15 is 0 Å². The smallest absolute Gasteiger partial charge is 0.185 e. The van der Waals surface area contributed by atoms with Crippen LogP contribution in [0.4, 0.5) is 4.39 Å². The third kappa shape index (κ3) is 2.26. The second-order valence-corrected chi connectivity index (χ2v) is 3.19. The molecule has 0 heterocycles. The van der Waals surface area contributed by atoms with E-state index in [1.165, 1.54) is 0 Å². The van der Waals surface area contributed by atoms with Gasteiger partial charge >= 0.3 is 0 Å². The molecule has 13 heavy (non-hydrogen) atoms. The standard InChI is InChI=1S/C9H16FN3/c1-4-13(5-2)12-8(11-3)9(10)6-7-9/h3-7H2,1-2H3/b12-8-. The van der Waals surface area contributed by atoms with Gasteiger partial charge in [0.25, 0.3) is 0 Å². The number of hydrazone groups is 1. The van der Waals surface area contributed by atoms with Crippen molar-refractivity contribution in [1.82, 2.24) is 5.01 Å². The van der Waals surface area contributed by atoms with Gasteiger partial charge in [-0.2, -0.15) is 5.10 Å². The predicted octanol–water partition coefficient (Wildman–Crippen LogP) is 1.84. The molecule has 0 atom stereocenters. The second-order valence-electron chi connectivity index (χ2n) is 3.19. The molecule has 3 nitrogen and oxygen atoms in total. The van der Waals surface area contributed by atoms with E-state index < -0.39 is 5.67 Å². The summed E-state index contributed by atoms with van der Waals surface area (Å²) in [5, 5.41) is 5.89. The van der Waals surface area contributed by atoms with Gasteiger partial charge < -0.3 is 0 Å². The minimum atomic E-state index is -1.27. The van der Waals surface area contributed by atoms with Crippen molar-refractivity contribution in [3.63, 3.8) is 0 Å². The van der Waals surface area contributed by atoms with Gasteiger partial charge in [0.2, 0.25) is 0 Å². The van der Waals surface area contributed by atoms with Gasteiger partial charge in [0.1, 0.15) is 0 Å². The summed E-state index contributed by atoms with van der Waals surface area (Å²) < 4.78 is 13.5. The molecule has 0 aromatic heterocycles. The Morgan fingerprint density at radius 1 is 1.46 bits per heavy atom. The van der Waals surface area contributed by atoms with Crippen LogP contribution in [0.2, 0.25) is 0 Å². The van der Waals surface area contributed by atoms with Crippen LogP contribution in [-0.4, -0.2) is 36.3 Å². The fraction of sp³-hybridized carbons (Fsp3) is 0.778.